The molecule has 31 heavy (non-hydrogen) atoms. The van der Waals surface area contributed by atoms with Crippen LogP contribution >= 0.6 is 15.9 Å². The van der Waals surface area contributed by atoms with Crippen molar-refractivity contribution in [1.82, 2.24) is 4.98 Å². The predicted octanol–water partition coefficient (Wildman–Crippen LogP) is 6.19. The van der Waals surface area contributed by atoms with Crippen LogP contribution in [0.15, 0.2) is 53.0 Å². The molecule has 4 rings (SSSR count). The summed E-state index contributed by atoms with van der Waals surface area (Å²) in [5.41, 5.74) is 3.96. The second-order valence-corrected chi connectivity index (χ2v) is 10.2. The van der Waals surface area contributed by atoms with E-state index in [1.165, 1.54) is 0 Å². The first-order valence-corrected chi connectivity index (χ1v) is 11.4. The van der Waals surface area contributed by atoms with E-state index >= 15 is 0 Å². The summed E-state index contributed by atoms with van der Waals surface area (Å²) < 4.78 is 6.36. The predicted molar refractivity (Wildman–Crippen MR) is 125 cm³/mol. The molecule has 0 radical (unpaired) electrons. The molecule has 1 atom stereocenters. The fourth-order valence-corrected chi connectivity index (χ4v) is 4.71. The number of aromatic nitrogens is 1. The minimum absolute atomic E-state index is 0.140. The van der Waals surface area contributed by atoms with Crippen LogP contribution in [0.4, 0.5) is 0 Å². The van der Waals surface area contributed by atoms with Gasteiger partial charge in [-0.05, 0) is 54.4 Å². The van der Waals surface area contributed by atoms with Gasteiger partial charge in [-0.1, -0.05) is 67.0 Å². The summed E-state index contributed by atoms with van der Waals surface area (Å²) in [6.45, 7) is 6.44. The van der Waals surface area contributed by atoms with E-state index in [1.807, 2.05) is 30.3 Å². The van der Waals surface area contributed by atoms with Gasteiger partial charge < -0.3 is 4.74 Å². The lowest BCUT2D eigenvalue weighted by Crippen LogP contribution is -2.29. The number of hydrogen-bond donors (Lipinski definition) is 0. The van der Waals surface area contributed by atoms with Gasteiger partial charge in [-0.2, -0.15) is 0 Å². The number of hydrogen-bond acceptors (Lipinski definition) is 4. The van der Waals surface area contributed by atoms with E-state index in [1.54, 1.807) is 18.2 Å². The molecule has 0 spiro atoms. The van der Waals surface area contributed by atoms with Gasteiger partial charge in [-0.25, -0.2) is 4.79 Å². The molecule has 0 amide bonds. The van der Waals surface area contributed by atoms with Crippen molar-refractivity contribution in [2.24, 2.45) is 11.3 Å². The number of fused-ring (bicyclic) bond motifs is 2. The molecule has 1 aliphatic carbocycles. The Morgan fingerprint density at radius 2 is 1.90 bits per heavy atom. The van der Waals surface area contributed by atoms with Gasteiger partial charge in [0, 0.05) is 21.1 Å². The Balaban J connectivity index is 1.67. The number of Topliss-reactive ketones (excluding diaryl/α,β-unsaturated/α-hetero) is 1. The molecule has 0 unspecified atom stereocenters. The maximum atomic E-state index is 13.3. The average Bonchev–Trinajstić information content (AvgIpc) is 2.74. The van der Waals surface area contributed by atoms with E-state index in [0.717, 1.165) is 45.9 Å². The minimum atomic E-state index is -0.451. The highest BCUT2D eigenvalue weighted by atomic mass is 79.9. The van der Waals surface area contributed by atoms with Gasteiger partial charge in [0.05, 0.1) is 11.1 Å². The van der Waals surface area contributed by atoms with Crippen LogP contribution in [0.5, 0.6) is 0 Å². The molecule has 0 bridgehead atoms. The van der Waals surface area contributed by atoms with Crippen molar-refractivity contribution in [1.29, 1.82) is 0 Å². The number of ketones is 1. The monoisotopic (exact) mass is 479 g/mol. The number of carbonyl (C=O) groups excluding carboxylic acids is 2. The number of para-hydroxylation sites is 1. The van der Waals surface area contributed by atoms with Crippen LogP contribution in [-0.2, 0) is 17.6 Å². The van der Waals surface area contributed by atoms with Gasteiger partial charge in [0.1, 0.15) is 0 Å². The lowest BCUT2D eigenvalue weighted by molar-refractivity contribution is 0.0474. The smallest absolute Gasteiger partial charge is 0.339 e. The van der Waals surface area contributed by atoms with E-state index in [0.29, 0.717) is 17.0 Å². The molecule has 3 aromatic rings. The van der Waals surface area contributed by atoms with E-state index in [9.17, 15) is 9.59 Å². The Bertz CT molecular complexity index is 1160. The van der Waals surface area contributed by atoms with Crippen molar-refractivity contribution in [2.45, 2.75) is 40.0 Å². The Morgan fingerprint density at radius 3 is 2.65 bits per heavy atom. The number of esters is 1. The summed E-state index contributed by atoms with van der Waals surface area (Å²) in [4.78, 5) is 30.7. The molecule has 0 saturated carbocycles. The number of aryl methyl sites for hydroxylation is 1. The maximum Gasteiger partial charge on any atom is 0.339 e. The topological polar surface area (TPSA) is 56.3 Å². The zero-order chi connectivity index (χ0) is 22.2. The van der Waals surface area contributed by atoms with Crippen molar-refractivity contribution in [3.63, 3.8) is 0 Å². The second kappa shape index (κ2) is 8.54. The van der Waals surface area contributed by atoms with Crippen LogP contribution in [0.1, 0.15) is 59.2 Å². The molecule has 4 nitrogen and oxygen atoms in total. The molecule has 0 N–H and O–H groups in total. The summed E-state index contributed by atoms with van der Waals surface area (Å²) >= 11 is 3.37. The molecular formula is C26H26BrNO3. The molecule has 1 heterocycles. The Kier molecular flexibility index (Phi) is 5.98. The lowest BCUT2D eigenvalue weighted by atomic mass is 9.70. The number of ether oxygens (including phenoxy) is 1. The standard InChI is InChI=1S/C26H26BrNO3/c1-26(2,3)17-11-12-22-20(14-17)24(19-9-4-5-10-21(19)28-22)25(30)31-15-23(29)16-7-6-8-18(27)13-16/h4-10,13,17H,11-12,14-15H2,1-3H3/t17-/m0/s1. The first-order chi connectivity index (χ1) is 14.7. The minimum Gasteiger partial charge on any atom is -0.454 e. The fraction of sp³-hybridized carbons (Fsp3) is 0.346. The Hall–Kier alpha value is -2.53. The summed E-state index contributed by atoms with van der Waals surface area (Å²) in [7, 11) is 0. The second-order valence-electron chi connectivity index (χ2n) is 9.24. The number of halogens is 1. The van der Waals surface area contributed by atoms with Gasteiger partial charge in [-0.3, -0.25) is 9.78 Å². The molecule has 0 aliphatic heterocycles. The number of nitrogens with zero attached hydrogens (tertiary/aromatic N) is 1. The molecular weight excluding hydrogens is 454 g/mol. The number of rotatable bonds is 4. The molecule has 0 fully saturated rings. The van der Waals surface area contributed by atoms with E-state index in [-0.39, 0.29) is 17.8 Å². The SMILES string of the molecule is CC(C)(C)[C@H]1CCc2nc3ccccc3c(C(=O)OCC(=O)c3cccc(Br)c3)c2C1. The first-order valence-electron chi connectivity index (χ1n) is 10.6. The molecule has 5 heteroatoms. The summed E-state index contributed by atoms with van der Waals surface area (Å²) in [5.74, 6) is -0.222. The van der Waals surface area contributed by atoms with E-state index < -0.39 is 5.97 Å². The highest BCUT2D eigenvalue weighted by molar-refractivity contribution is 9.10. The van der Waals surface area contributed by atoms with Crippen LogP contribution in [0, 0.1) is 11.3 Å². The summed E-state index contributed by atoms with van der Waals surface area (Å²) in [6.07, 6.45) is 2.69. The lowest BCUT2D eigenvalue weighted by Gasteiger charge is -2.35. The largest absolute Gasteiger partial charge is 0.454 e. The number of pyridine rings is 1. The van der Waals surface area contributed by atoms with Gasteiger partial charge in [0.2, 0.25) is 0 Å². The van der Waals surface area contributed by atoms with Crippen LogP contribution in [0.2, 0.25) is 0 Å². The Morgan fingerprint density at radius 1 is 1.13 bits per heavy atom. The summed E-state index contributed by atoms with van der Waals surface area (Å²) in [6, 6.07) is 14.8. The quantitative estimate of drug-likeness (QED) is 0.330. The van der Waals surface area contributed by atoms with Crippen molar-refractivity contribution in [3.8, 4) is 0 Å². The number of benzene rings is 2. The third-order valence-corrected chi connectivity index (χ3v) is 6.66. The highest BCUT2D eigenvalue weighted by Gasteiger charge is 2.33. The number of carbonyl (C=O) groups is 2. The van der Waals surface area contributed by atoms with Crippen LogP contribution in [0.3, 0.4) is 0 Å². The highest BCUT2D eigenvalue weighted by Crippen LogP contribution is 2.39. The van der Waals surface area contributed by atoms with Crippen LogP contribution in [0.25, 0.3) is 10.9 Å². The van der Waals surface area contributed by atoms with Crippen molar-refractivity contribution < 1.29 is 14.3 Å². The van der Waals surface area contributed by atoms with Crippen molar-refractivity contribution >= 4 is 38.6 Å². The molecule has 160 valence electrons. The molecule has 0 saturated heterocycles. The first kappa shape index (κ1) is 21.7. The molecule has 2 aromatic carbocycles. The third kappa shape index (κ3) is 4.57. The average molecular weight is 480 g/mol. The van der Waals surface area contributed by atoms with Gasteiger partial charge in [0.25, 0.3) is 0 Å². The zero-order valence-corrected chi connectivity index (χ0v) is 19.7. The van der Waals surface area contributed by atoms with Gasteiger partial charge in [0.15, 0.2) is 12.4 Å². The molecule has 1 aliphatic rings. The van der Waals surface area contributed by atoms with Gasteiger partial charge >= 0.3 is 5.97 Å². The van der Waals surface area contributed by atoms with E-state index in [2.05, 4.69) is 36.7 Å². The van der Waals surface area contributed by atoms with Crippen LogP contribution in [-0.4, -0.2) is 23.3 Å². The van der Waals surface area contributed by atoms with Gasteiger partial charge in [-0.15, -0.1) is 0 Å². The third-order valence-electron chi connectivity index (χ3n) is 6.17. The van der Waals surface area contributed by atoms with E-state index in [4.69, 9.17) is 9.72 Å². The fourth-order valence-electron chi connectivity index (χ4n) is 4.31. The normalized spacial score (nSPS) is 16.1. The zero-order valence-electron chi connectivity index (χ0n) is 18.1. The van der Waals surface area contributed by atoms with Crippen molar-refractivity contribution in [3.05, 3.63) is 75.4 Å². The maximum absolute atomic E-state index is 13.3. The van der Waals surface area contributed by atoms with Crippen molar-refractivity contribution in [2.75, 3.05) is 6.61 Å². The van der Waals surface area contributed by atoms with Crippen LogP contribution < -0.4 is 0 Å². The summed E-state index contributed by atoms with van der Waals surface area (Å²) in [5, 5.41) is 0.788. The molecule has 1 aromatic heterocycles. The Labute approximate surface area is 191 Å².